The number of carbonyl (C=O) groups excluding carboxylic acids is 1. The first-order valence-electron chi connectivity index (χ1n) is 8.15. The number of benzene rings is 1. The summed E-state index contributed by atoms with van der Waals surface area (Å²) >= 11 is 1.70. The summed E-state index contributed by atoms with van der Waals surface area (Å²) in [5.41, 5.74) is 4.70. The van der Waals surface area contributed by atoms with Crippen molar-refractivity contribution in [1.29, 1.82) is 0 Å². The van der Waals surface area contributed by atoms with Crippen LogP contribution in [-0.4, -0.2) is 19.1 Å². The fourth-order valence-corrected chi connectivity index (χ4v) is 4.24. The predicted molar refractivity (Wildman–Crippen MR) is 95.3 cm³/mol. The maximum atomic E-state index is 12.9. The molecule has 122 valence electrons. The first-order chi connectivity index (χ1) is 11.1. The molecular weight excluding hydrogens is 306 g/mol. The lowest BCUT2D eigenvalue weighted by Crippen LogP contribution is -2.33. The summed E-state index contributed by atoms with van der Waals surface area (Å²) in [6.07, 6.45) is 1.28. The Bertz CT molecular complexity index is 707. The minimum Gasteiger partial charge on any atom is -0.372 e. The number of fused-ring (bicyclic) bond motifs is 1. The van der Waals surface area contributed by atoms with Gasteiger partial charge < -0.3 is 9.64 Å². The van der Waals surface area contributed by atoms with E-state index in [1.807, 2.05) is 17.9 Å². The standard InChI is InChI=1S/C19H23NO2S/c1-4-20(16-6-5-13(2)11-14(16)3)18(21)12-17-19-15(7-9-22-17)8-10-23-19/h5-6,8,10-11,17H,4,7,9,12H2,1-3H3. The van der Waals surface area contributed by atoms with E-state index in [2.05, 4.69) is 37.4 Å². The van der Waals surface area contributed by atoms with Crippen LogP contribution < -0.4 is 4.90 Å². The first-order valence-corrected chi connectivity index (χ1v) is 9.03. The summed E-state index contributed by atoms with van der Waals surface area (Å²) in [6, 6.07) is 8.39. The van der Waals surface area contributed by atoms with E-state index in [4.69, 9.17) is 4.74 Å². The number of rotatable bonds is 4. The third kappa shape index (κ3) is 3.33. The lowest BCUT2D eigenvalue weighted by atomic mass is 10.0. The Balaban J connectivity index is 1.79. The van der Waals surface area contributed by atoms with E-state index in [-0.39, 0.29) is 12.0 Å². The molecule has 0 aliphatic carbocycles. The van der Waals surface area contributed by atoms with Crippen LogP contribution in [0.25, 0.3) is 0 Å². The molecule has 0 N–H and O–H groups in total. The van der Waals surface area contributed by atoms with Crippen LogP contribution in [0.15, 0.2) is 29.6 Å². The van der Waals surface area contributed by atoms with Crippen LogP contribution in [0.2, 0.25) is 0 Å². The zero-order chi connectivity index (χ0) is 16.4. The monoisotopic (exact) mass is 329 g/mol. The third-order valence-electron chi connectivity index (χ3n) is 4.38. The molecule has 2 aromatic rings. The maximum absolute atomic E-state index is 12.9. The second kappa shape index (κ2) is 6.85. The van der Waals surface area contributed by atoms with Gasteiger partial charge in [0.15, 0.2) is 0 Å². The van der Waals surface area contributed by atoms with Crippen LogP contribution in [0.4, 0.5) is 5.69 Å². The van der Waals surface area contributed by atoms with Crippen molar-refractivity contribution in [3.63, 3.8) is 0 Å². The summed E-state index contributed by atoms with van der Waals surface area (Å²) in [5.74, 6) is 0.130. The summed E-state index contributed by atoms with van der Waals surface area (Å²) in [4.78, 5) is 16.0. The average molecular weight is 329 g/mol. The summed E-state index contributed by atoms with van der Waals surface area (Å²) in [7, 11) is 0. The summed E-state index contributed by atoms with van der Waals surface area (Å²) < 4.78 is 5.88. The van der Waals surface area contributed by atoms with E-state index in [1.165, 1.54) is 16.0 Å². The topological polar surface area (TPSA) is 29.5 Å². The van der Waals surface area contributed by atoms with Crippen molar-refractivity contribution in [2.75, 3.05) is 18.1 Å². The minimum absolute atomic E-state index is 0.0916. The summed E-state index contributed by atoms with van der Waals surface area (Å²) in [5, 5.41) is 2.10. The molecule has 1 atom stereocenters. The minimum atomic E-state index is -0.0916. The molecular formula is C19H23NO2S. The van der Waals surface area contributed by atoms with Crippen molar-refractivity contribution in [1.82, 2.24) is 0 Å². The lowest BCUT2D eigenvalue weighted by molar-refractivity contribution is -0.121. The van der Waals surface area contributed by atoms with Crippen LogP contribution in [0.3, 0.4) is 0 Å². The van der Waals surface area contributed by atoms with E-state index in [1.54, 1.807) is 11.3 Å². The SMILES string of the molecule is CCN(C(=O)CC1OCCc2ccsc21)c1ccc(C)cc1C. The molecule has 0 bridgehead atoms. The van der Waals surface area contributed by atoms with E-state index < -0.39 is 0 Å². The molecule has 1 aliphatic rings. The molecule has 3 nitrogen and oxygen atoms in total. The van der Waals surface area contributed by atoms with E-state index >= 15 is 0 Å². The average Bonchev–Trinajstić information content (AvgIpc) is 3.00. The molecule has 1 unspecified atom stereocenters. The van der Waals surface area contributed by atoms with Gasteiger partial charge in [-0.05, 0) is 55.8 Å². The van der Waals surface area contributed by atoms with Crippen LogP contribution in [-0.2, 0) is 16.0 Å². The van der Waals surface area contributed by atoms with E-state index in [0.717, 1.165) is 17.7 Å². The number of hydrogen-bond acceptors (Lipinski definition) is 3. The van der Waals surface area contributed by atoms with Crippen LogP contribution >= 0.6 is 11.3 Å². The summed E-state index contributed by atoms with van der Waals surface area (Å²) in [6.45, 7) is 7.54. The van der Waals surface area contributed by atoms with Crippen molar-refractivity contribution in [3.05, 3.63) is 51.2 Å². The number of nitrogens with zero attached hydrogens (tertiary/aromatic N) is 1. The quantitative estimate of drug-likeness (QED) is 0.831. The van der Waals surface area contributed by atoms with Gasteiger partial charge in [0, 0.05) is 17.1 Å². The fraction of sp³-hybridized carbons (Fsp3) is 0.421. The molecule has 1 aliphatic heterocycles. The Morgan fingerprint density at radius 2 is 2.17 bits per heavy atom. The number of thiophene rings is 1. The highest BCUT2D eigenvalue weighted by Gasteiger charge is 2.27. The van der Waals surface area contributed by atoms with Crippen LogP contribution in [0.5, 0.6) is 0 Å². The third-order valence-corrected chi connectivity index (χ3v) is 5.44. The van der Waals surface area contributed by atoms with Crippen molar-refractivity contribution in [2.45, 2.75) is 39.7 Å². The van der Waals surface area contributed by atoms with Gasteiger partial charge in [0.1, 0.15) is 6.10 Å². The van der Waals surface area contributed by atoms with Crippen LogP contribution in [0.1, 0.15) is 41.0 Å². The van der Waals surface area contributed by atoms with Gasteiger partial charge in [-0.25, -0.2) is 0 Å². The molecule has 0 fully saturated rings. The number of carbonyl (C=O) groups is 1. The van der Waals surface area contributed by atoms with Crippen molar-refractivity contribution < 1.29 is 9.53 Å². The molecule has 0 saturated heterocycles. The largest absolute Gasteiger partial charge is 0.372 e. The highest BCUT2D eigenvalue weighted by Crippen LogP contribution is 2.35. The first kappa shape index (κ1) is 16.2. The lowest BCUT2D eigenvalue weighted by Gasteiger charge is -2.27. The predicted octanol–water partition coefficient (Wildman–Crippen LogP) is 4.42. The number of ether oxygens (including phenoxy) is 1. The Morgan fingerprint density at radius 1 is 1.35 bits per heavy atom. The van der Waals surface area contributed by atoms with Gasteiger partial charge in [-0.15, -0.1) is 11.3 Å². The van der Waals surface area contributed by atoms with Gasteiger partial charge >= 0.3 is 0 Å². The Hall–Kier alpha value is -1.65. The molecule has 0 saturated carbocycles. The zero-order valence-corrected chi connectivity index (χ0v) is 14.8. The smallest absolute Gasteiger partial charge is 0.229 e. The van der Waals surface area contributed by atoms with Gasteiger partial charge in [-0.3, -0.25) is 4.79 Å². The molecule has 1 aromatic heterocycles. The molecule has 4 heteroatoms. The highest BCUT2D eigenvalue weighted by molar-refractivity contribution is 7.10. The van der Waals surface area contributed by atoms with E-state index in [0.29, 0.717) is 19.6 Å². The molecule has 0 spiro atoms. The number of amides is 1. The Morgan fingerprint density at radius 3 is 2.91 bits per heavy atom. The van der Waals surface area contributed by atoms with Gasteiger partial charge in [0.05, 0.1) is 13.0 Å². The zero-order valence-electron chi connectivity index (χ0n) is 14.0. The number of aryl methyl sites for hydroxylation is 2. The number of hydrogen-bond donors (Lipinski definition) is 0. The molecule has 0 radical (unpaired) electrons. The van der Waals surface area contributed by atoms with Gasteiger partial charge in [0.2, 0.25) is 5.91 Å². The molecule has 1 amide bonds. The maximum Gasteiger partial charge on any atom is 0.229 e. The normalized spacial score (nSPS) is 16.9. The number of anilines is 1. The van der Waals surface area contributed by atoms with Crippen molar-refractivity contribution in [3.8, 4) is 0 Å². The van der Waals surface area contributed by atoms with Crippen molar-refractivity contribution >= 4 is 22.9 Å². The second-order valence-electron chi connectivity index (χ2n) is 6.05. The molecule has 3 rings (SSSR count). The van der Waals surface area contributed by atoms with Gasteiger partial charge in [-0.1, -0.05) is 17.7 Å². The fourth-order valence-electron chi connectivity index (χ4n) is 3.23. The van der Waals surface area contributed by atoms with Gasteiger partial charge in [0.25, 0.3) is 0 Å². The van der Waals surface area contributed by atoms with Gasteiger partial charge in [-0.2, -0.15) is 0 Å². The van der Waals surface area contributed by atoms with Crippen LogP contribution in [0, 0.1) is 13.8 Å². The molecule has 2 heterocycles. The second-order valence-corrected chi connectivity index (χ2v) is 7.00. The van der Waals surface area contributed by atoms with Crippen molar-refractivity contribution in [2.24, 2.45) is 0 Å². The highest BCUT2D eigenvalue weighted by atomic mass is 32.1. The molecule has 1 aromatic carbocycles. The Labute approximate surface area is 141 Å². The van der Waals surface area contributed by atoms with E-state index in [9.17, 15) is 4.79 Å². The Kier molecular flexibility index (Phi) is 4.83. The molecule has 23 heavy (non-hydrogen) atoms.